The summed E-state index contributed by atoms with van der Waals surface area (Å²) in [6.45, 7) is 8.64. The highest BCUT2D eigenvalue weighted by Gasteiger charge is 2.26. The number of hydrogen-bond acceptors (Lipinski definition) is 7. The van der Waals surface area contributed by atoms with Gasteiger partial charge in [0.15, 0.2) is 11.5 Å². The largest absolute Gasteiger partial charge is 0.324 e. The highest BCUT2D eigenvalue weighted by atomic mass is 32.1. The van der Waals surface area contributed by atoms with Crippen LogP contribution in [0.2, 0.25) is 0 Å². The summed E-state index contributed by atoms with van der Waals surface area (Å²) in [6, 6.07) is 7.74. The second-order valence-electron chi connectivity index (χ2n) is 9.04. The number of anilines is 2. The maximum Gasteiger partial charge on any atom is 0.278 e. The third kappa shape index (κ3) is 3.93. The monoisotopic (exact) mass is 467 g/mol. The predicted octanol–water partition coefficient (Wildman–Crippen LogP) is 4.21. The van der Waals surface area contributed by atoms with Crippen LogP contribution in [-0.4, -0.2) is 30.2 Å². The molecule has 0 radical (unpaired) electrons. The molecule has 0 aliphatic carbocycles. The van der Waals surface area contributed by atoms with Gasteiger partial charge in [0.2, 0.25) is 5.95 Å². The Bertz CT molecular complexity index is 1400. The zero-order chi connectivity index (χ0) is 23.3. The van der Waals surface area contributed by atoms with Gasteiger partial charge in [-0.15, -0.1) is 0 Å². The Morgan fingerprint density at radius 1 is 1.24 bits per heavy atom. The fraction of sp³-hybridized carbons (Fsp3) is 0.391. The summed E-state index contributed by atoms with van der Waals surface area (Å²) in [7, 11) is 0. The average molecular weight is 468 g/mol. The Morgan fingerprint density at radius 3 is 2.79 bits per heavy atom. The Balaban J connectivity index is 1.61. The number of aromatic nitrogens is 5. The molecule has 2 N–H and O–H groups in total. The van der Waals surface area contributed by atoms with Crippen molar-refractivity contribution >= 4 is 34.2 Å². The van der Waals surface area contributed by atoms with Crippen LogP contribution in [0, 0.1) is 0 Å². The molecule has 4 aromatic rings. The van der Waals surface area contributed by atoms with Gasteiger partial charge in [-0.3, -0.25) is 4.79 Å². The third-order valence-electron chi connectivity index (χ3n) is 5.76. The van der Waals surface area contributed by atoms with Gasteiger partial charge in [-0.05, 0) is 75.5 Å². The lowest BCUT2D eigenvalue weighted by molar-refractivity contribution is 0.227. The molecule has 4 heterocycles. The van der Waals surface area contributed by atoms with Gasteiger partial charge in [0, 0.05) is 30.5 Å². The van der Waals surface area contributed by atoms with E-state index in [0.717, 1.165) is 36.7 Å². The van der Waals surface area contributed by atoms with Crippen molar-refractivity contribution in [3.63, 3.8) is 0 Å². The van der Waals surface area contributed by atoms with Crippen LogP contribution >= 0.6 is 11.5 Å². The molecule has 8 nitrogen and oxygen atoms in total. The molecule has 0 unspecified atom stereocenters. The van der Waals surface area contributed by atoms with E-state index in [1.807, 2.05) is 19.9 Å². The first-order valence-electron chi connectivity index (χ1n) is 11.0. The lowest BCUT2D eigenvalue weighted by atomic mass is 10.0. The lowest BCUT2D eigenvalue weighted by Gasteiger charge is -2.18. The number of halogens is 1. The zero-order valence-corrected chi connectivity index (χ0v) is 19.8. The van der Waals surface area contributed by atoms with Gasteiger partial charge in [0.25, 0.3) is 5.56 Å². The minimum absolute atomic E-state index is 0.152. The lowest BCUT2D eigenvalue weighted by Crippen LogP contribution is -2.24. The number of alkyl halides is 1. The molecule has 1 aliphatic heterocycles. The quantitative estimate of drug-likeness (QED) is 0.457. The van der Waals surface area contributed by atoms with Gasteiger partial charge in [-0.25, -0.2) is 18.7 Å². The summed E-state index contributed by atoms with van der Waals surface area (Å²) in [5.74, 6) is 0.847. The summed E-state index contributed by atoms with van der Waals surface area (Å²) in [5.41, 5.74) is 2.18. The number of rotatable bonds is 5. The molecule has 0 amide bonds. The van der Waals surface area contributed by atoms with Crippen molar-refractivity contribution in [3.05, 3.63) is 56.8 Å². The summed E-state index contributed by atoms with van der Waals surface area (Å²) in [4.78, 5) is 22.7. The molecule has 0 spiro atoms. The first-order chi connectivity index (χ1) is 15.7. The molecular formula is C23H26FN7OS. The second kappa shape index (κ2) is 8.03. The third-order valence-corrected chi connectivity index (χ3v) is 6.84. The Morgan fingerprint density at radius 2 is 2.06 bits per heavy atom. The molecule has 1 aromatic carbocycles. The minimum Gasteiger partial charge on any atom is -0.324 e. The molecule has 0 bridgehead atoms. The van der Waals surface area contributed by atoms with Crippen LogP contribution in [0.15, 0.2) is 35.3 Å². The van der Waals surface area contributed by atoms with Crippen LogP contribution in [0.25, 0.3) is 16.9 Å². The van der Waals surface area contributed by atoms with Gasteiger partial charge in [-0.1, -0.05) is 6.07 Å². The van der Waals surface area contributed by atoms with Gasteiger partial charge in [0.1, 0.15) is 11.1 Å². The second-order valence-corrected chi connectivity index (χ2v) is 9.85. The summed E-state index contributed by atoms with van der Waals surface area (Å²) < 4.78 is 22.2. The SMILES string of the molecule is CC(C)n1c(=O)c2cnc(Nc3ccc4c(c3)CCNC4)nc2n1-c1cc(C(C)(C)F)sn1. The van der Waals surface area contributed by atoms with Crippen molar-refractivity contribution in [1.82, 2.24) is 29.0 Å². The van der Waals surface area contributed by atoms with Crippen molar-refractivity contribution in [2.45, 2.75) is 52.4 Å². The number of nitrogens with zero attached hydrogens (tertiary/aromatic N) is 5. The van der Waals surface area contributed by atoms with Gasteiger partial charge in [-0.2, -0.15) is 9.36 Å². The van der Waals surface area contributed by atoms with Crippen LogP contribution in [0.1, 0.15) is 49.7 Å². The van der Waals surface area contributed by atoms with Crippen molar-refractivity contribution in [2.24, 2.45) is 0 Å². The summed E-state index contributed by atoms with van der Waals surface area (Å²) in [5, 5.41) is 7.03. The maximum atomic E-state index is 14.5. The number of nitrogens with one attached hydrogen (secondary N) is 2. The topological polar surface area (TPSA) is 89.7 Å². The van der Waals surface area contributed by atoms with Crippen LogP contribution < -0.4 is 16.2 Å². The van der Waals surface area contributed by atoms with E-state index in [2.05, 4.69) is 37.1 Å². The van der Waals surface area contributed by atoms with E-state index in [1.54, 1.807) is 15.4 Å². The molecule has 0 fully saturated rings. The fourth-order valence-electron chi connectivity index (χ4n) is 4.08. The normalized spacial score (nSPS) is 14.1. The first-order valence-corrected chi connectivity index (χ1v) is 11.8. The smallest absolute Gasteiger partial charge is 0.278 e. The molecule has 5 rings (SSSR count). The van der Waals surface area contributed by atoms with Crippen LogP contribution in [0.3, 0.4) is 0 Å². The maximum absolute atomic E-state index is 14.5. The van der Waals surface area contributed by atoms with Crippen molar-refractivity contribution < 1.29 is 4.39 Å². The van der Waals surface area contributed by atoms with Gasteiger partial charge in [0.05, 0.1) is 4.88 Å². The van der Waals surface area contributed by atoms with Crippen LogP contribution in [0.4, 0.5) is 16.0 Å². The Kier molecular flexibility index (Phi) is 5.29. The molecule has 0 saturated carbocycles. The van der Waals surface area contributed by atoms with Crippen molar-refractivity contribution in [1.29, 1.82) is 0 Å². The van der Waals surface area contributed by atoms with Gasteiger partial charge >= 0.3 is 0 Å². The number of fused-ring (bicyclic) bond motifs is 2. The van der Waals surface area contributed by atoms with E-state index in [1.165, 1.54) is 31.2 Å². The van der Waals surface area contributed by atoms with Gasteiger partial charge < -0.3 is 10.6 Å². The molecule has 3 aromatic heterocycles. The average Bonchev–Trinajstić information content (AvgIpc) is 3.37. The number of hydrogen-bond donors (Lipinski definition) is 2. The highest BCUT2D eigenvalue weighted by Crippen LogP contribution is 2.31. The van der Waals surface area contributed by atoms with E-state index in [0.29, 0.717) is 27.7 Å². The van der Waals surface area contributed by atoms with Crippen LogP contribution in [0.5, 0.6) is 0 Å². The first kappa shape index (κ1) is 21.7. The van der Waals surface area contributed by atoms with E-state index in [9.17, 15) is 9.18 Å². The minimum atomic E-state index is -1.52. The van der Waals surface area contributed by atoms with Crippen molar-refractivity contribution in [2.75, 3.05) is 11.9 Å². The van der Waals surface area contributed by atoms with E-state index in [4.69, 9.17) is 0 Å². The summed E-state index contributed by atoms with van der Waals surface area (Å²) in [6.07, 6.45) is 2.51. The van der Waals surface area contributed by atoms with E-state index >= 15 is 0 Å². The molecular weight excluding hydrogens is 441 g/mol. The van der Waals surface area contributed by atoms with Crippen LogP contribution in [-0.2, 0) is 18.6 Å². The summed E-state index contributed by atoms with van der Waals surface area (Å²) >= 11 is 1.08. The fourth-order valence-corrected chi connectivity index (χ4v) is 4.77. The van der Waals surface area contributed by atoms with E-state index in [-0.39, 0.29) is 11.6 Å². The highest BCUT2D eigenvalue weighted by molar-refractivity contribution is 7.06. The predicted molar refractivity (Wildman–Crippen MR) is 128 cm³/mol. The Labute approximate surface area is 194 Å². The van der Waals surface area contributed by atoms with E-state index < -0.39 is 5.67 Å². The molecule has 10 heteroatoms. The number of benzene rings is 1. The molecule has 33 heavy (non-hydrogen) atoms. The van der Waals surface area contributed by atoms with Crippen molar-refractivity contribution in [3.8, 4) is 5.82 Å². The molecule has 0 saturated heterocycles. The zero-order valence-electron chi connectivity index (χ0n) is 19.0. The Hall–Kier alpha value is -3.11. The molecule has 172 valence electrons. The molecule has 0 atom stereocenters. The molecule has 1 aliphatic rings. The standard InChI is InChI=1S/C23H26FN7OS/c1-13(2)30-21(32)17-12-26-22(27-16-6-5-15-11-25-8-7-14(15)9-16)28-20(17)31(30)19-10-18(33-29-19)23(3,4)24/h5-6,9-10,12-13,25H,7-8,11H2,1-4H3,(H,26,27,28).